The van der Waals surface area contributed by atoms with Gasteiger partial charge in [-0.2, -0.15) is 0 Å². The van der Waals surface area contributed by atoms with E-state index in [0.717, 1.165) is 39.9 Å². The third-order valence-electron chi connectivity index (χ3n) is 8.79. The quantitative estimate of drug-likeness (QED) is 0.0755. The molecule has 0 aliphatic carbocycles. The van der Waals surface area contributed by atoms with E-state index < -0.39 is 26.7 Å². The molecule has 1 aliphatic rings. The number of nitrogens with one attached hydrogen (secondary N) is 2. The number of sulfonamides is 1. The summed E-state index contributed by atoms with van der Waals surface area (Å²) < 4.78 is 28.7. The lowest BCUT2D eigenvalue weighted by Crippen LogP contribution is -2.44. The Morgan fingerprint density at radius 3 is 2.25 bits per heavy atom. The molecule has 4 aromatic carbocycles. The summed E-state index contributed by atoms with van der Waals surface area (Å²) in [6, 6.07) is 29.9. The molecule has 0 unspecified atom stereocenters. The second-order valence-corrected chi connectivity index (χ2v) is 15.7. The minimum atomic E-state index is -4.42. The molecule has 0 saturated carbocycles. The summed E-state index contributed by atoms with van der Waals surface area (Å²) in [5.74, 6) is 0.561. The van der Waals surface area contributed by atoms with Gasteiger partial charge in [0, 0.05) is 48.5 Å². The van der Waals surface area contributed by atoms with Gasteiger partial charge in [-0.05, 0) is 86.6 Å². The number of rotatable bonds is 15. The van der Waals surface area contributed by atoms with Crippen LogP contribution >= 0.6 is 11.8 Å². The van der Waals surface area contributed by atoms with Crippen molar-refractivity contribution in [1.82, 2.24) is 14.5 Å². The molecule has 3 amide bonds. The van der Waals surface area contributed by atoms with Crippen molar-refractivity contribution in [2.75, 3.05) is 49.7 Å². The summed E-state index contributed by atoms with van der Waals surface area (Å²) >= 11 is 1.63. The van der Waals surface area contributed by atoms with Crippen molar-refractivity contribution in [2.45, 2.75) is 42.1 Å². The van der Waals surface area contributed by atoms with Crippen molar-refractivity contribution in [3.8, 4) is 0 Å². The zero-order valence-corrected chi connectivity index (χ0v) is 31.6. The van der Waals surface area contributed by atoms with Gasteiger partial charge in [-0.25, -0.2) is 17.9 Å². The minimum absolute atomic E-state index is 0.0738. The number of nitrogens with zero attached hydrogens (tertiary/aromatic N) is 4. The lowest BCUT2D eigenvalue weighted by atomic mass is 9.99. The first kappa shape index (κ1) is 39.0. The third kappa shape index (κ3) is 10.9. The van der Waals surface area contributed by atoms with Crippen LogP contribution in [0.3, 0.4) is 0 Å². The smallest absolute Gasteiger partial charge is 0.331 e. The molecule has 1 aliphatic heterocycles. The molecule has 1 heterocycles. The molecule has 0 aromatic heterocycles. The molecule has 278 valence electrons. The van der Waals surface area contributed by atoms with E-state index in [1.165, 1.54) is 24.0 Å². The summed E-state index contributed by atoms with van der Waals surface area (Å²) in [7, 11) is -0.518. The lowest BCUT2D eigenvalue weighted by molar-refractivity contribution is -0.384. The second kappa shape index (κ2) is 18.0. The number of carbonyl (C=O) groups excluding carboxylic acids is 2. The molecule has 14 heteroatoms. The molecule has 5 rings (SSSR count). The lowest BCUT2D eigenvalue weighted by Gasteiger charge is -2.27. The Hall–Kier alpha value is -5.18. The van der Waals surface area contributed by atoms with Crippen LogP contribution in [0, 0.1) is 10.1 Å². The number of carbonyl (C=O) groups is 2. The molecule has 12 nitrogen and oxygen atoms in total. The van der Waals surface area contributed by atoms with Crippen LogP contribution in [-0.4, -0.2) is 80.6 Å². The van der Waals surface area contributed by atoms with E-state index in [9.17, 15) is 28.1 Å². The van der Waals surface area contributed by atoms with Crippen LogP contribution in [0.25, 0.3) is 5.57 Å². The van der Waals surface area contributed by atoms with Gasteiger partial charge < -0.3 is 20.0 Å². The van der Waals surface area contributed by atoms with Gasteiger partial charge in [0.1, 0.15) is 5.69 Å². The molecule has 4 aromatic rings. The van der Waals surface area contributed by atoms with Crippen LogP contribution in [0.2, 0.25) is 0 Å². The molecule has 2 N–H and O–H groups in total. The van der Waals surface area contributed by atoms with Crippen LogP contribution in [0.1, 0.15) is 30.9 Å². The molecular formula is C39H44N6O6S2. The first-order chi connectivity index (χ1) is 25.4. The standard InChI is InChI=1S/C39H44N6O6S2/c1-29(46)44(27-30-10-6-4-7-11-30)34-16-14-31(15-17-34)32-20-24-43(25-21-32)39(47)41-53(50,51)36-18-19-37(38(26-36)45(48)49)40-33(22-23-42(2)3)28-52-35-12-8-5-9-13-35/h4-20,26,33,40H,21-25,27-28H2,1-3H3,(H,41,47)/t33-/m1/s1. The highest BCUT2D eigenvalue weighted by Crippen LogP contribution is 2.31. The third-order valence-corrected chi connectivity index (χ3v) is 11.3. The number of hydrogen-bond acceptors (Lipinski definition) is 9. The van der Waals surface area contributed by atoms with Crippen LogP contribution in [-0.2, 0) is 21.4 Å². The highest BCUT2D eigenvalue weighted by molar-refractivity contribution is 7.99. The summed E-state index contributed by atoms with van der Waals surface area (Å²) in [4.78, 5) is 42.9. The van der Waals surface area contributed by atoms with Crippen LogP contribution in [0.15, 0.2) is 119 Å². The number of hydrogen-bond donors (Lipinski definition) is 2. The number of urea groups is 1. The Morgan fingerprint density at radius 1 is 0.962 bits per heavy atom. The van der Waals surface area contributed by atoms with Gasteiger partial charge in [-0.15, -0.1) is 11.8 Å². The van der Waals surface area contributed by atoms with Crippen LogP contribution < -0.4 is 14.9 Å². The summed E-state index contributed by atoms with van der Waals surface area (Å²) in [5, 5.41) is 15.4. The molecule has 0 spiro atoms. The number of benzene rings is 4. The highest BCUT2D eigenvalue weighted by atomic mass is 32.2. The number of amides is 3. The first-order valence-corrected chi connectivity index (χ1v) is 19.7. The first-order valence-electron chi connectivity index (χ1n) is 17.2. The monoisotopic (exact) mass is 756 g/mol. The highest BCUT2D eigenvalue weighted by Gasteiger charge is 2.27. The van der Waals surface area contributed by atoms with Gasteiger partial charge in [0.2, 0.25) is 5.91 Å². The van der Waals surface area contributed by atoms with Crippen LogP contribution in [0.5, 0.6) is 0 Å². The molecule has 53 heavy (non-hydrogen) atoms. The fourth-order valence-electron chi connectivity index (χ4n) is 5.86. The Morgan fingerprint density at radius 2 is 1.64 bits per heavy atom. The molecule has 0 fully saturated rings. The zero-order chi connectivity index (χ0) is 38.0. The maximum Gasteiger partial charge on any atom is 0.331 e. The van der Waals surface area contributed by atoms with Crippen molar-refractivity contribution in [1.29, 1.82) is 0 Å². The van der Waals surface area contributed by atoms with E-state index in [1.807, 2.05) is 110 Å². The van der Waals surface area contributed by atoms with Crippen molar-refractivity contribution in [2.24, 2.45) is 0 Å². The fourth-order valence-corrected chi connectivity index (χ4v) is 7.84. The fraction of sp³-hybridized carbons (Fsp3) is 0.282. The Kier molecular flexibility index (Phi) is 13.3. The second-order valence-electron chi connectivity index (χ2n) is 13.0. The van der Waals surface area contributed by atoms with E-state index in [2.05, 4.69) is 10.0 Å². The number of nitro groups is 1. The van der Waals surface area contributed by atoms with E-state index in [-0.39, 0.29) is 35.6 Å². The van der Waals surface area contributed by atoms with Crippen molar-refractivity contribution in [3.05, 3.63) is 130 Å². The molecular weight excluding hydrogens is 713 g/mol. The largest absolute Gasteiger partial charge is 0.376 e. The normalized spacial score (nSPS) is 13.6. The summed E-state index contributed by atoms with van der Waals surface area (Å²) in [5.41, 5.74) is 3.51. The average Bonchev–Trinajstić information content (AvgIpc) is 3.15. The molecule has 0 radical (unpaired) electrons. The number of thioether (sulfide) groups is 1. The van der Waals surface area contributed by atoms with E-state index >= 15 is 0 Å². The number of anilines is 2. The topological polar surface area (TPSA) is 145 Å². The number of nitro benzene ring substituents is 1. The van der Waals surface area contributed by atoms with Gasteiger partial charge in [0.25, 0.3) is 15.7 Å². The Bertz CT molecular complexity index is 2030. The Labute approximate surface area is 315 Å². The predicted octanol–water partition coefficient (Wildman–Crippen LogP) is 6.86. The summed E-state index contributed by atoms with van der Waals surface area (Å²) in [6.07, 6.45) is 3.05. The van der Waals surface area contributed by atoms with E-state index in [4.69, 9.17) is 0 Å². The predicted molar refractivity (Wildman–Crippen MR) is 210 cm³/mol. The van der Waals surface area contributed by atoms with E-state index in [0.29, 0.717) is 25.1 Å². The van der Waals surface area contributed by atoms with Gasteiger partial charge >= 0.3 is 6.03 Å². The van der Waals surface area contributed by atoms with E-state index in [1.54, 1.807) is 16.7 Å². The Balaban J connectivity index is 1.22. The maximum atomic E-state index is 13.3. The van der Waals surface area contributed by atoms with Crippen LogP contribution in [0.4, 0.5) is 21.9 Å². The van der Waals surface area contributed by atoms with Crippen molar-refractivity contribution < 1.29 is 22.9 Å². The van der Waals surface area contributed by atoms with Crippen molar-refractivity contribution in [3.63, 3.8) is 0 Å². The van der Waals surface area contributed by atoms with Gasteiger partial charge in [0.05, 0.1) is 16.4 Å². The van der Waals surface area contributed by atoms with Gasteiger partial charge in [-0.1, -0.05) is 66.7 Å². The maximum absolute atomic E-state index is 13.3. The SMILES string of the molecule is CC(=O)N(Cc1ccccc1)c1ccc(C2=CCN(C(=O)NS(=O)(=O)c3ccc(N[C@H](CCN(C)C)CSc4ccccc4)c([N+](=O)[O-])c3)CC2)cc1. The zero-order valence-electron chi connectivity index (χ0n) is 30.0. The van der Waals surface area contributed by atoms with Gasteiger partial charge in [0.15, 0.2) is 0 Å². The molecule has 0 saturated heterocycles. The van der Waals surface area contributed by atoms with Gasteiger partial charge in [-0.3, -0.25) is 14.9 Å². The summed E-state index contributed by atoms with van der Waals surface area (Å²) in [6.45, 7) is 3.16. The molecule has 1 atom stereocenters. The average molecular weight is 757 g/mol. The van der Waals surface area contributed by atoms with Crippen molar-refractivity contribution >= 4 is 56.4 Å². The minimum Gasteiger partial charge on any atom is -0.376 e. The molecule has 0 bridgehead atoms.